The molecule has 1 N–H and O–H groups in total. The molecule has 2 unspecified atom stereocenters. The lowest BCUT2D eigenvalue weighted by Crippen LogP contribution is -2.42. The van der Waals surface area contributed by atoms with E-state index in [9.17, 15) is 14.4 Å². The van der Waals surface area contributed by atoms with Gasteiger partial charge in [-0.25, -0.2) is 19.9 Å². The molecule has 296 valence electrons. The number of thiophene rings is 2. The lowest BCUT2D eigenvalue weighted by molar-refractivity contribution is -0.138. The molecule has 2 amide bonds. The number of halogens is 1. The van der Waals surface area contributed by atoms with Crippen LogP contribution in [0.5, 0.6) is 5.75 Å². The van der Waals surface area contributed by atoms with Crippen molar-refractivity contribution in [3.63, 3.8) is 0 Å². The van der Waals surface area contributed by atoms with Crippen LogP contribution in [0.15, 0.2) is 29.7 Å². The van der Waals surface area contributed by atoms with Gasteiger partial charge in [-0.1, -0.05) is 23.4 Å². The molecule has 4 aromatic heterocycles. The number of thioether (sulfide) groups is 1. The van der Waals surface area contributed by atoms with Crippen molar-refractivity contribution >= 4 is 94.9 Å². The Morgan fingerprint density at radius 3 is 1.96 bits per heavy atom. The molecule has 0 radical (unpaired) electrons. The number of carbonyl (C=O) groups is 3. The van der Waals surface area contributed by atoms with Gasteiger partial charge >= 0.3 is 0 Å². The number of carbonyl (C=O) groups excluding carboxylic acids is 3. The molecule has 0 fully saturated rings. The van der Waals surface area contributed by atoms with E-state index in [4.69, 9.17) is 16.3 Å². The maximum atomic E-state index is 13.1. The van der Waals surface area contributed by atoms with Crippen molar-refractivity contribution in [2.45, 2.75) is 103 Å². The Morgan fingerprint density at radius 2 is 1.41 bits per heavy atom. The molecule has 15 heteroatoms. The van der Waals surface area contributed by atoms with E-state index < -0.39 is 0 Å². The first-order valence-electron chi connectivity index (χ1n) is 19.4. The topological polar surface area (TPSA) is 131 Å². The first-order chi connectivity index (χ1) is 26.9. The normalized spacial score (nSPS) is 17.4. The van der Waals surface area contributed by atoms with Gasteiger partial charge in [-0.3, -0.25) is 14.4 Å². The molecule has 3 aliphatic rings. The van der Waals surface area contributed by atoms with E-state index in [0.29, 0.717) is 17.3 Å². The predicted molar refractivity (Wildman–Crippen MR) is 227 cm³/mol. The fraction of sp³-hybridized carbons (Fsp3) is 0.488. The van der Waals surface area contributed by atoms with Crippen molar-refractivity contribution in [3.8, 4) is 5.75 Å². The average Bonchev–Trinajstić information content (AvgIpc) is 3.86. The lowest BCUT2D eigenvalue weighted by atomic mass is 9.86. The molecule has 56 heavy (non-hydrogen) atoms. The van der Waals surface area contributed by atoms with Crippen molar-refractivity contribution in [1.82, 2.24) is 29.7 Å². The molecular formula is C41H48ClN7O4S3. The number of methoxy groups -OCH3 is 1. The Bertz CT molecular complexity index is 2310. The number of nitrogens with one attached hydrogen (secondary N) is 1. The van der Waals surface area contributed by atoms with E-state index in [1.165, 1.54) is 39.0 Å². The monoisotopic (exact) mass is 833 g/mol. The van der Waals surface area contributed by atoms with Gasteiger partial charge in [0, 0.05) is 58.1 Å². The van der Waals surface area contributed by atoms with E-state index in [2.05, 4.69) is 52.9 Å². The third kappa shape index (κ3) is 7.86. The second kappa shape index (κ2) is 16.9. The maximum Gasteiger partial charge on any atom is 0.226 e. The highest BCUT2D eigenvalue weighted by atomic mass is 35.5. The minimum atomic E-state index is 0.0126. The Hall–Kier alpha value is -3.85. The van der Waals surface area contributed by atoms with Gasteiger partial charge < -0.3 is 19.9 Å². The van der Waals surface area contributed by atoms with Crippen LogP contribution in [-0.4, -0.2) is 78.9 Å². The fourth-order valence-electron chi connectivity index (χ4n) is 8.26. The number of nitrogens with zero attached hydrogens (tertiary/aromatic N) is 6. The third-order valence-electron chi connectivity index (χ3n) is 11.0. The van der Waals surface area contributed by atoms with E-state index >= 15 is 0 Å². The van der Waals surface area contributed by atoms with Crippen molar-refractivity contribution in [3.05, 3.63) is 56.4 Å². The summed E-state index contributed by atoms with van der Waals surface area (Å²) < 4.78 is 5.61. The number of amides is 2. The highest BCUT2D eigenvalue weighted by Crippen LogP contribution is 2.44. The SMILES string of the molecule is CCN(C(=O)C1CCc2c(sc3ncnc(Cl)c23)C1)C(C)C.CCN(C(=O)C1CCc2c(sc3ncnc(Nc4cc5c(cc4OC)CC(=O)S5)c23)C1)C(C)C. The van der Waals surface area contributed by atoms with Gasteiger partial charge in [0.05, 0.1) is 23.6 Å². The van der Waals surface area contributed by atoms with Crippen LogP contribution in [0.4, 0.5) is 11.5 Å². The number of benzene rings is 1. The zero-order valence-electron chi connectivity index (χ0n) is 32.9. The zero-order valence-corrected chi connectivity index (χ0v) is 36.1. The van der Waals surface area contributed by atoms with Crippen LogP contribution in [0.1, 0.15) is 80.8 Å². The van der Waals surface area contributed by atoms with Crippen LogP contribution in [0.3, 0.4) is 0 Å². The van der Waals surface area contributed by atoms with Crippen LogP contribution >= 0.6 is 46.0 Å². The van der Waals surface area contributed by atoms with Crippen LogP contribution in [0.25, 0.3) is 20.4 Å². The van der Waals surface area contributed by atoms with E-state index in [1.54, 1.807) is 36.1 Å². The summed E-state index contributed by atoms with van der Waals surface area (Å²) >= 11 is 10.8. The molecular weight excluding hydrogens is 786 g/mol. The second-order valence-corrected chi connectivity index (χ2v) is 18.6. The van der Waals surface area contributed by atoms with Gasteiger partial charge in [0.15, 0.2) is 5.12 Å². The number of ether oxygens (including phenoxy) is 1. The molecule has 11 nitrogen and oxygen atoms in total. The minimum Gasteiger partial charge on any atom is -0.495 e. The summed E-state index contributed by atoms with van der Waals surface area (Å²) in [4.78, 5) is 64.5. The number of fused-ring (bicyclic) bond motifs is 7. The number of rotatable bonds is 9. The molecule has 1 aromatic carbocycles. The van der Waals surface area contributed by atoms with Gasteiger partial charge in [-0.05, 0) is 109 Å². The summed E-state index contributed by atoms with van der Waals surface area (Å²) in [6.07, 6.45) is 8.48. The van der Waals surface area contributed by atoms with Crippen molar-refractivity contribution in [2.75, 3.05) is 25.5 Å². The van der Waals surface area contributed by atoms with Gasteiger partial charge in [0.2, 0.25) is 11.8 Å². The third-order valence-corrected chi connectivity index (χ3v) is 14.6. The van der Waals surface area contributed by atoms with Crippen molar-refractivity contribution in [1.29, 1.82) is 0 Å². The molecule has 8 rings (SSSR count). The van der Waals surface area contributed by atoms with Crippen LogP contribution < -0.4 is 10.1 Å². The zero-order chi connectivity index (χ0) is 39.8. The quantitative estimate of drug-likeness (QED) is 0.144. The summed E-state index contributed by atoms with van der Waals surface area (Å²) in [7, 11) is 1.63. The van der Waals surface area contributed by atoms with Crippen molar-refractivity contribution in [2.24, 2.45) is 11.8 Å². The summed E-state index contributed by atoms with van der Waals surface area (Å²) in [5.74, 6) is 2.03. The summed E-state index contributed by atoms with van der Waals surface area (Å²) in [5.41, 5.74) is 4.27. The molecule has 2 aliphatic carbocycles. The number of aryl methyl sites for hydroxylation is 2. The number of aromatic nitrogens is 4. The van der Waals surface area contributed by atoms with Crippen molar-refractivity contribution < 1.29 is 19.1 Å². The summed E-state index contributed by atoms with van der Waals surface area (Å²) in [5, 5.41) is 6.15. The average molecular weight is 835 g/mol. The lowest BCUT2D eigenvalue weighted by Gasteiger charge is -2.31. The van der Waals surface area contributed by atoms with Crippen LogP contribution in [0, 0.1) is 11.8 Å². The Morgan fingerprint density at radius 1 is 0.857 bits per heavy atom. The summed E-state index contributed by atoms with van der Waals surface area (Å²) in [6, 6.07) is 4.36. The predicted octanol–water partition coefficient (Wildman–Crippen LogP) is 8.69. The molecule has 0 bridgehead atoms. The van der Waals surface area contributed by atoms with Crippen LogP contribution in [-0.2, 0) is 46.5 Å². The highest BCUT2D eigenvalue weighted by Gasteiger charge is 2.34. The summed E-state index contributed by atoms with van der Waals surface area (Å²) in [6.45, 7) is 13.9. The number of hydrogen-bond donors (Lipinski definition) is 1. The molecule has 5 aromatic rings. The van der Waals surface area contributed by atoms with Gasteiger partial charge in [-0.15, -0.1) is 22.7 Å². The van der Waals surface area contributed by atoms with E-state index in [1.807, 2.05) is 35.8 Å². The highest BCUT2D eigenvalue weighted by molar-refractivity contribution is 8.14. The molecule has 2 atom stereocenters. The second-order valence-electron chi connectivity index (χ2n) is 15.0. The van der Waals surface area contributed by atoms with Crippen LogP contribution in [0.2, 0.25) is 5.15 Å². The number of hydrogen-bond acceptors (Lipinski definition) is 12. The van der Waals surface area contributed by atoms with E-state index in [0.717, 1.165) is 94.0 Å². The van der Waals surface area contributed by atoms with Gasteiger partial charge in [0.25, 0.3) is 0 Å². The largest absolute Gasteiger partial charge is 0.495 e. The van der Waals surface area contributed by atoms with Gasteiger partial charge in [0.1, 0.15) is 39.0 Å². The smallest absolute Gasteiger partial charge is 0.226 e. The minimum absolute atomic E-state index is 0.0126. The Balaban J connectivity index is 0.000000189. The Labute approximate surface area is 345 Å². The maximum absolute atomic E-state index is 13.1. The van der Waals surface area contributed by atoms with E-state index in [-0.39, 0.29) is 40.8 Å². The fourth-order valence-corrected chi connectivity index (χ4v) is 12.0. The molecule has 5 heterocycles. The first-order valence-corrected chi connectivity index (χ1v) is 22.2. The Kier molecular flexibility index (Phi) is 12.2. The van der Waals surface area contributed by atoms with Gasteiger partial charge in [-0.2, -0.15) is 0 Å². The molecule has 0 saturated heterocycles. The molecule has 0 saturated carbocycles. The molecule has 0 spiro atoms. The number of anilines is 2. The molecule has 1 aliphatic heterocycles. The first kappa shape index (κ1) is 40.4. The standard InChI is InChI=1S/C25H28N4O3S2.C16H20ClN3OS/c1-5-29(13(2)3)25(31)14-6-7-16-20(9-14)34-24-22(16)23(26-12-27-24)28-17-11-19-15(8-18(17)32-4)10-21(30)33-19;1-4-20(9(2)3)16(21)10-5-6-11-12(7-10)22-15-13(11)14(17)18-8-19-15/h8,11-14H,5-7,9-10H2,1-4H3,(H,26,27,28);8-10H,4-7H2,1-3H3.